The largest absolute Gasteiger partial charge is 0.416 e. The number of alkyl halides is 3. The van der Waals surface area contributed by atoms with Crippen LogP contribution in [0.25, 0.3) is 16.9 Å². The first-order valence-electron chi connectivity index (χ1n) is 14.3. The lowest BCUT2D eigenvalue weighted by molar-refractivity contribution is -0.137. The molecule has 0 fully saturated rings. The predicted molar refractivity (Wildman–Crippen MR) is 168 cm³/mol. The number of aromatic nitrogens is 5. The molecule has 0 aliphatic carbocycles. The van der Waals surface area contributed by atoms with Gasteiger partial charge in [0.15, 0.2) is 0 Å². The van der Waals surface area contributed by atoms with E-state index in [2.05, 4.69) is 25.3 Å². The molecule has 3 N–H and O–H groups in total. The predicted octanol–water partition coefficient (Wildman–Crippen LogP) is 6.26. The second-order valence-electron chi connectivity index (χ2n) is 11.1. The third-order valence-electron chi connectivity index (χ3n) is 7.25. The van der Waals surface area contributed by atoms with Gasteiger partial charge in [0.2, 0.25) is 5.95 Å². The van der Waals surface area contributed by atoms with E-state index in [9.17, 15) is 22.8 Å². The van der Waals surface area contributed by atoms with Crippen LogP contribution in [0.3, 0.4) is 0 Å². The first-order valence-corrected chi connectivity index (χ1v) is 14.3. The number of nitrogens with zero attached hydrogens (tertiary/aromatic N) is 6. The zero-order valence-corrected chi connectivity index (χ0v) is 25.4. The molecule has 10 nitrogen and oxygen atoms in total. The van der Waals surface area contributed by atoms with Crippen LogP contribution in [-0.4, -0.2) is 42.4 Å². The van der Waals surface area contributed by atoms with E-state index in [1.807, 2.05) is 6.07 Å². The SMILES string of the molecule is Cc1cn(-c2cc(NC(=O)c3ccc(C)c(N(C(=O)C(N)C(C)C)c4nccc(-c5cccnc5)n4)c3)cc(C(F)(F)F)c2)cn1. The Morgan fingerprint density at radius 2 is 1.78 bits per heavy atom. The van der Waals surface area contributed by atoms with Gasteiger partial charge >= 0.3 is 6.18 Å². The average Bonchev–Trinajstić information content (AvgIpc) is 3.47. The van der Waals surface area contributed by atoms with Crippen molar-refractivity contribution in [2.24, 2.45) is 11.7 Å². The quantitative estimate of drug-likeness (QED) is 0.207. The lowest BCUT2D eigenvalue weighted by atomic mass is 10.0. The number of carbonyl (C=O) groups is 2. The van der Waals surface area contributed by atoms with E-state index in [0.717, 1.165) is 12.1 Å². The summed E-state index contributed by atoms with van der Waals surface area (Å²) in [6, 6.07) is 12.2. The van der Waals surface area contributed by atoms with Crippen LogP contribution in [-0.2, 0) is 11.0 Å². The molecule has 0 saturated carbocycles. The Hall–Kier alpha value is -5.43. The molecule has 0 radical (unpaired) electrons. The number of nitrogens with two attached hydrogens (primary N) is 1. The first-order chi connectivity index (χ1) is 21.8. The van der Waals surface area contributed by atoms with Gasteiger partial charge in [-0.25, -0.2) is 19.9 Å². The van der Waals surface area contributed by atoms with Gasteiger partial charge in [-0.15, -0.1) is 0 Å². The molecule has 3 heterocycles. The van der Waals surface area contributed by atoms with Gasteiger partial charge in [-0.1, -0.05) is 19.9 Å². The molecule has 0 saturated heterocycles. The number of carbonyl (C=O) groups excluding carboxylic acids is 2. The molecule has 0 bridgehead atoms. The summed E-state index contributed by atoms with van der Waals surface area (Å²) in [5, 5.41) is 2.57. The molecule has 236 valence electrons. The van der Waals surface area contributed by atoms with Crippen LogP contribution in [0, 0.1) is 19.8 Å². The molecule has 1 unspecified atom stereocenters. The van der Waals surface area contributed by atoms with Crippen molar-refractivity contribution < 1.29 is 22.8 Å². The highest BCUT2D eigenvalue weighted by Gasteiger charge is 2.32. The van der Waals surface area contributed by atoms with E-state index >= 15 is 0 Å². The molecule has 5 aromatic rings. The molecule has 46 heavy (non-hydrogen) atoms. The molecule has 2 aromatic carbocycles. The van der Waals surface area contributed by atoms with Crippen LogP contribution in [0.4, 0.5) is 30.5 Å². The van der Waals surface area contributed by atoms with Crippen LogP contribution < -0.4 is 16.0 Å². The van der Waals surface area contributed by atoms with E-state index in [1.54, 1.807) is 64.5 Å². The fraction of sp³-hybridized carbons (Fsp3) is 0.212. The van der Waals surface area contributed by atoms with Crippen LogP contribution >= 0.6 is 0 Å². The third-order valence-corrected chi connectivity index (χ3v) is 7.25. The standard InChI is InChI=1S/C33H31F3N8O2/c1-19(2)29(37)31(46)44(32-39-11-9-27(42-32)23-6-5-10-38-16-23)28-12-22(8-7-20(28)3)30(45)41-25-13-24(33(34,35)36)14-26(15-25)43-17-21(4)40-18-43/h5-19,29H,37H2,1-4H3,(H,41,45). The second-order valence-corrected chi connectivity index (χ2v) is 11.1. The van der Waals surface area contributed by atoms with Gasteiger partial charge in [0, 0.05) is 47.3 Å². The van der Waals surface area contributed by atoms with Crippen molar-refractivity contribution in [3.8, 4) is 16.9 Å². The number of benzene rings is 2. The molecule has 0 aliphatic rings. The summed E-state index contributed by atoms with van der Waals surface area (Å²) >= 11 is 0. The van der Waals surface area contributed by atoms with Crippen molar-refractivity contribution in [1.82, 2.24) is 24.5 Å². The highest BCUT2D eigenvalue weighted by Crippen LogP contribution is 2.34. The molecular weight excluding hydrogens is 597 g/mol. The summed E-state index contributed by atoms with van der Waals surface area (Å²) in [6.07, 6.45) is 3.06. The Morgan fingerprint density at radius 1 is 1.00 bits per heavy atom. The minimum atomic E-state index is -4.66. The maximum absolute atomic E-state index is 13.9. The molecule has 13 heteroatoms. The minimum Gasteiger partial charge on any atom is -0.322 e. The number of halogens is 3. The van der Waals surface area contributed by atoms with Gasteiger partial charge in [-0.3, -0.25) is 14.6 Å². The van der Waals surface area contributed by atoms with Crippen molar-refractivity contribution >= 4 is 29.1 Å². The maximum Gasteiger partial charge on any atom is 0.416 e. The van der Waals surface area contributed by atoms with Crippen LogP contribution in [0.1, 0.15) is 41.0 Å². The Morgan fingerprint density at radius 3 is 2.43 bits per heavy atom. The maximum atomic E-state index is 13.9. The highest BCUT2D eigenvalue weighted by molar-refractivity contribution is 6.07. The number of imidazole rings is 1. The zero-order chi connectivity index (χ0) is 33.2. The van der Waals surface area contributed by atoms with Crippen molar-refractivity contribution in [3.63, 3.8) is 0 Å². The number of pyridine rings is 1. The number of amides is 2. The average molecular weight is 629 g/mol. The van der Waals surface area contributed by atoms with E-state index in [1.165, 1.54) is 40.2 Å². The molecule has 3 aromatic heterocycles. The molecule has 2 amide bonds. The Balaban J connectivity index is 1.55. The van der Waals surface area contributed by atoms with E-state index in [-0.39, 0.29) is 34.5 Å². The van der Waals surface area contributed by atoms with Crippen LogP contribution in [0.2, 0.25) is 0 Å². The van der Waals surface area contributed by atoms with Gasteiger partial charge in [0.1, 0.15) is 0 Å². The molecule has 1 atom stereocenters. The number of hydrogen-bond acceptors (Lipinski definition) is 7. The van der Waals surface area contributed by atoms with Gasteiger partial charge < -0.3 is 15.6 Å². The number of aryl methyl sites for hydroxylation is 2. The number of anilines is 3. The summed E-state index contributed by atoms with van der Waals surface area (Å²) in [5.41, 5.74) is 8.25. The van der Waals surface area contributed by atoms with Crippen molar-refractivity contribution in [1.29, 1.82) is 0 Å². The van der Waals surface area contributed by atoms with Crippen molar-refractivity contribution in [2.75, 3.05) is 10.2 Å². The fourth-order valence-electron chi connectivity index (χ4n) is 4.64. The monoisotopic (exact) mass is 628 g/mol. The first kappa shape index (κ1) is 32.0. The Kier molecular flexibility index (Phi) is 8.96. The molecular formula is C33H31F3N8O2. The Labute approximate surface area is 263 Å². The number of rotatable bonds is 8. The van der Waals surface area contributed by atoms with E-state index in [4.69, 9.17) is 5.73 Å². The number of hydrogen-bond donors (Lipinski definition) is 2. The van der Waals surface area contributed by atoms with Gasteiger partial charge in [-0.2, -0.15) is 13.2 Å². The van der Waals surface area contributed by atoms with Gasteiger partial charge in [0.25, 0.3) is 11.8 Å². The second kappa shape index (κ2) is 12.9. The lowest BCUT2D eigenvalue weighted by Crippen LogP contribution is -2.45. The van der Waals surface area contributed by atoms with Crippen LogP contribution in [0.5, 0.6) is 0 Å². The fourth-order valence-corrected chi connectivity index (χ4v) is 4.64. The molecule has 5 rings (SSSR count). The summed E-state index contributed by atoms with van der Waals surface area (Å²) in [6.45, 7) is 7.07. The summed E-state index contributed by atoms with van der Waals surface area (Å²) in [5.74, 6) is -1.41. The lowest BCUT2D eigenvalue weighted by Gasteiger charge is -2.27. The molecule has 0 spiro atoms. The highest BCUT2D eigenvalue weighted by atomic mass is 19.4. The van der Waals surface area contributed by atoms with Crippen molar-refractivity contribution in [2.45, 2.75) is 39.9 Å². The summed E-state index contributed by atoms with van der Waals surface area (Å²) < 4.78 is 42.9. The van der Waals surface area contributed by atoms with Gasteiger partial charge in [0.05, 0.1) is 35.0 Å². The van der Waals surface area contributed by atoms with Gasteiger partial charge in [-0.05, 0) is 73.9 Å². The summed E-state index contributed by atoms with van der Waals surface area (Å²) in [7, 11) is 0. The zero-order valence-electron chi connectivity index (χ0n) is 25.4. The topological polar surface area (TPSA) is 132 Å². The van der Waals surface area contributed by atoms with E-state index in [0.29, 0.717) is 22.5 Å². The number of nitrogens with one attached hydrogen (secondary N) is 1. The minimum absolute atomic E-state index is 0.0289. The van der Waals surface area contributed by atoms with Crippen molar-refractivity contribution in [3.05, 3.63) is 108 Å². The third kappa shape index (κ3) is 6.94. The van der Waals surface area contributed by atoms with E-state index < -0.39 is 29.6 Å². The smallest absolute Gasteiger partial charge is 0.322 e. The summed E-state index contributed by atoms with van der Waals surface area (Å²) in [4.78, 5) is 45.8. The normalized spacial score (nSPS) is 12.2. The Bertz CT molecular complexity index is 1890. The van der Waals surface area contributed by atoms with Crippen LogP contribution in [0.15, 0.2) is 85.7 Å². The molecule has 0 aliphatic heterocycles.